The number of hydrogen-bond donors (Lipinski definition) is 1. The van der Waals surface area contributed by atoms with E-state index in [9.17, 15) is 22.8 Å². The number of alkyl halides is 3. The fraction of sp³-hybridized carbons (Fsp3) is 0.105. The topological polar surface area (TPSA) is 73.2 Å². The number of para-hydroxylation sites is 1. The Balaban J connectivity index is 1.99. The van der Waals surface area contributed by atoms with Crippen molar-refractivity contribution in [1.82, 2.24) is 9.78 Å². The van der Waals surface area contributed by atoms with Gasteiger partial charge in [0.1, 0.15) is 0 Å². The molecule has 9 heteroatoms. The molecular formula is C19H14F3N3O3. The second-order valence-electron chi connectivity index (χ2n) is 5.68. The molecule has 0 bridgehead atoms. The van der Waals surface area contributed by atoms with Gasteiger partial charge in [-0.3, -0.25) is 9.59 Å². The maximum atomic E-state index is 12.8. The minimum Gasteiger partial charge on any atom is -0.494 e. The summed E-state index contributed by atoms with van der Waals surface area (Å²) in [5.41, 5.74) is -1.33. The molecule has 0 aliphatic carbocycles. The molecule has 1 N–H and O–H groups in total. The van der Waals surface area contributed by atoms with E-state index in [1.54, 1.807) is 30.3 Å². The highest BCUT2D eigenvalue weighted by Gasteiger charge is 2.30. The van der Waals surface area contributed by atoms with Crippen LogP contribution in [0.15, 0.2) is 65.5 Å². The molecule has 0 aliphatic heterocycles. The van der Waals surface area contributed by atoms with Crippen molar-refractivity contribution in [1.29, 1.82) is 0 Å². The highest BCUT2D eigenvalue weighted by molar-refractivity contribution is 6.04. The molecule has 2 aromatic carbocycles. The summed E-state index contributed by atoms with van der Waals surface area (Å²) in [4.78, 5) is 24.9. The number of carbonyl (C=O) groups excluding carboxylic acids is 1. The summed E-state index contributed by atoms with van der Waals surface area (Å²) in [6.07, 6.45) is -4.54. The van der Waals surface area contributed by atoms with Crippen LogP contribution in [0, 0.1) is 0 Å². The van der Waals surface area contributed by atoms with Crippen molar-refractivity contribution in [2.75, 3.05) is 12.4 Å². The molecule has 1 heterocycles. The van der Waals surface area contributed by atoms with Crippen LogP contribution in [0.25, 0.3) is 5.69 Å². The third-order valence-electron chi connectivity index (χ3n) is 3.78. The van der Waals surface area contributed by atoms with Gasteiger partial charge in [-0.1, -0.05) is 24.3 Å². The molecule has 0 aliphatic rings. The van der Waals surface area contributed by atoms with Crippen LogP contribution in [0.2, 0.25) is 0 Å². The van der Waals surface area contributed by atoms with Crippen LogP contribution in [0.4, 0.5) is 18.9 Å². The van der Waals surface area contributed by atoms with E-state index in [1.165, 1.54) is 19.2 Å². The van der Waals surface area contributed by atoms with Crippen molar-refractivity contribution < 1.29 is 22.7 Å². The maximum absolute atomic E-state index is 12.8. The second-order valence-corrected chi connectivity index (χ2v) is 5.68. The number of carbonyl (C=O) groups is 1. The number of nitrogens with zero attached hydrogens (tertiary/aromatic N) is 2. The predicted octanol–water partition coefficient (Wildman–Crippen LogP) is 3.51. The van der Waals surface area contributed by atoms with E-state index < -0.39 is 23.2 Å². The molecule has 0 saturated heterocycles. The van der Waals surface area contributed by atoms with Gasteiger partial charge in [-0.2, -0.15) is 23.0 Å². The number of nitrogens with one attached hydrogen (secondary N) is 1. The number of halogens is 3. The lowest BCUT2D eigenvalue weighted by molar-refractivity contribution is -0.137. The van der Waals surface area contributed by atoms with E-state index in [4.69, 9.17) is 4.74 Å². The van der Waals surface area contributed by atoms with Crippen molar-refractivity contribution in [3.05, 3.63) is 82.3 Å². The van der Waals surface area contributed by atoms with Crippen LogP contribution >= 0.6 is 0 Å². The zero-order valence-corrected chi connectivity index (χ0v) is 14.5. The Kier molecular flexibility index (Phi) is 5.16. The Labute approximate surface area is 157 Å². The summed E-state index contributed by atoms with van der Waals surface area (Å²) in [6.45, 7) is 0. The number of hydrogen-bond acceptors (Lipinski definition) is 4. The number of benzene rings is 2. The monoisotopic (exact) mass is 389 g/mol. The van der Waals surface area contributed by atoms with Crippen molar-refractivity contribution in [3.63, 3.8) is 0 Å². The Hall–Kier alpha value is -3.62. The summed E-state index contributed by atoms with van der Waals surface area (Å²) in [7, 11) is 1.25. The molecule has 28 heavy (non-hydrogen) atoms. The largest absolute Gasteiger partial charge is 0.494 e. The Morgan fingerprint density at radius 2 is 1.79 bits per heavy atom. The van der Waals surface area contributed by atoms with Crippen LogP contribution in [0.1, 0.15) is 16.1 Å². The SMILES string of the molecule is COc1cc(=O)n(-c2ccccc2)nc1C(=O)Nc1cccc(C(F)(F)F)c1. The molecule has 0 unspecified atom stereocenters. The number of ether oxygens (including phenoxy) is 1. The number of aromatic nitrogens is 2. The van der Waals surface area contributed by atoms with E-state index in [-0.39, 0.29) is 17.1 Å². The van der Waals surface area contributed by atoms with Gasteiger partial charge in [-0.05, 0) is 30.3 Å². The van der Waals surface area contributed by atoms with Gasteiger partial charge < -0.3 is 10.1 Å². The van der Waals surface area contributed by atoms with Crippen LogP contribution < -0.4 is 15.6 Å². The van der Waals surface area contributed by atoms with E-state index in [0.717, 1.165) is 22.9 Å². The van der Waals surface area contributed by atoms with Gasteiger partial charge in [-0.15, -0.1) is 0 Å². The summed E-state index contributed by atoms with van der Waals surface area (Å²) >= 11 is 0. The summed E-state index contributed by atoms with van der Waals surface area (Å²) < 4.78 is 44.6. The molecule has 0 fully saturated rings. The average Bonchev–Trinajstić information content (AvgIpc) is 2.67. The minimum atomic E-state index is -4.54. The highest BCUT2D eigenvalue weighted by atomic mass is 19.4. The highest BCUT2D eigenvalue weighted by Crippen LogP contribution is 2.30. The lowest BCUT2D eigenvalue weighted by Gasteiger charge is -2.12. The number of methoxy groups -OCH3 is 1. The molecular weight excluding hydrogens is 375 g/mol. The molecule has 1 amide bonds. The first-order valence-corrected chi connectivity index (χ1v) is 8.02. The Bertz CT molecular complexity index is 1060. The predicted molar refractivity (Wildman–Crippen MR) is 95.8 cm³/mol. The smallest absolute Gasteiger partial charge is 0.416 e. The third kappa shape index (κ3) is 4.03. The first-order valence-electron chi connectivity index (χ1n) is 8.02. The molecule has 0 spiro atoms. The lowest BCUT2D eigenvalue weighted by atomic mass is 10.2. The molecule has 0 saturated carbocycles. The van der Waals surface area contributed by atoms with Crippen LogP contribution in [-0.4, -0.2) is 22.8 Å². The third-order valence-corrected chi connectivity index (χ3v) is 3.78. The zero-order valence-electron chi connectivity index (χ0n) is 14.5. The standard InChI is InChI=1S/C19H14F3N3O3/c1-28-15-11-16(26)25(14-8-3-2-4-9-14)24-17(15)18(27)23-13-7-5-6-12(10-13)19(20,21)22/h2-11H,1H3,(H,23,27). The number of amides is 1. The van der Waals surface area contributed by atoms with E-state index >= 15 is 0 Å². The Morgan fingerprint density at radius 3 is 2.43 bits per heavy atom. The maximum Gasteiger partial charge on any atom is 0.416 e. The summed E-state index contributed by atoms with van der Waals surface area (Å²) in [5.74, 6) is -0.914. The van der Waals surface area contributed by atoms with E-state index in [2.05, 4.69) is 10.4 Å². The summed E-state index contributed by atoms with van der Waals surface area (Å²) in [5, 5.41) is 6.37. The number of rotatable bonds is 4. The van der Waals surface area contributed by atoms with Crippen LogP contribution in [-0.2, 0) is 6.18 Å². The zero-order chi connectivity index (χ0) is 20.3. The average molecular weight is 389 g/mol. The fourth-order valence-electron chi connectivity index (χ4n) is 2.47. The van der Waals surface area contributed by atoms with Gasteiger partial charge in [0.2, 0.25) is 0 Å². The van der Waals surface area contributed by atoms with Gasteiger partial charge in [0.15, 0.2) is 11.4 Å². The lowest BCUT2D eigenvalue weighted by Crippen LogP contribution is -2.26. The van der Waals surface area contributed by atoms with E-state index in [0.29, 0.717) is 5.69 Å². The molecule has 6 nitrogen and oxygen atoms in total. The first kappa shape index (κ1) is 19.2. The Morgan fingerprint density at radius 1 is 1.07 bits per heavy atom. The van der Waals surface area contributed by atoms with Crippen molar-refractivity contribution in [3.8, 4) is 11.4 Å². The summed E-state index contributed by atoms with van der Waals surface area (Å²) in [6, 6.07) is 13.6. The quantitative estimate of drug-likeness (QED) is 0.741. The van der Waals surface area contributed by atoms with Crippen molar-refractivity contribution >= 4 is 11.6 Å². The van der Waals surface area contributed by atoms with Gasteiger partial charge in [0, 0.05) is 5.69 Å². The normalized spacial score (nSPS) is 11.1. The van der Waals surface area contributed by atoms with Gasteiger partial charge in [-0.25, -0.2) is 0 Å². The second kappa shape index (κ2) is 7.55. The van der Waals surface area contributed by atoms with Crippen molar-refractivity contribution in [2.24, 2.45) is 0 Å². The molecule has 3 aromatic rings. The number of anilines is 1. The van der Waals surface area contributed by atoms with Crippen LogP contribution in [0.3, 0.4) is 0 Å². The van der Waals surface area contributed by atoms with Crippen molar-refractivity contribution in [2.45, 2.75) is 6.18 Å². The fourth-order valence-corrected chi connectivity index (χ4v) is 2.47. The molecule has 0 radical (unpaired) electrons. The van der Waals surface area contributed by atoms with Gasteiger partial charge in [0.25, 0.3) is 11.5 Å². The first-order chi connectivity index (χ1) is 13.3. The molecule has 144 valence electrons. The van der Waals surface area contributed by atoms with Crippen LogP contribution in [0.5, 0.6) is 5.75 Å². The van der Waals surface area contributed by atoms with Gasteiger partial charge in [0.05, 0.1) is 24.4 Å². The van der Waals surface area contributed by atoms with Gasteiger partial charge >= 0.3 is 6.18 Å². The molecule has 0 atom stereocenters. The molecule has 3 rings (SSSR count). The van der Waals surface area contributed by atoms with E-state index in [1.807, 2.05) is 0 Å². The minimum absolute atomic E-state index is 0.0684. The molecule has 1 aromatic heterocycles.